The van der Waals surface area contributed by atoms with Gasteiger partial charge in [0, 0.05) is 12.5 Å². The first kappa shape index (κ1) is 24.6. The van der Waals surface area contributed by atoms with Crippen molar-refractivity contribution in [1.29, 1.82) is 0 Å². The number of anilines is 3. The van der Waals surface area contributed by atoms with Crippen molar-refractivity contribution in [1.82, 2.24) is 24.7 Å². The molecule has 5 aromatic rings. The quantitative estimate of drug-likeness (QED) is 0.303. The molecule has 5 rings (SSSR count). The van der Waals surface area contributed by atoms with Gasteiger partial charge < -0.3 is 16.6 Å². The zero-order valence-electron chi connectivity index (χ0n) is 20.1. The molecule has 38 heavy (non-hydrogen) atoms. The van der Waals surface area contributed by atoms with Gasteiger partial charge in [0.2, 0.25) is 0 Å². The Morgan fingerprint density at radius 2 is 1.68 bits per heavy atom. The first-order valence-electron chi connectivity index (χ1n) is 11.5. The maximum atomic E-state index is 14.3. The summed E-state index contributed by atoms with van der Waals surface area (Å²) in [6, 6.07) is 14.7. The van der Waals surface area contributed by atoms with Gasteiger partial charge in [-0.15, -0.1) is 0 Å². The van der Waals surface area contributed by atoms with Gasteiger partial charge in [0.15, 0.2) is 11.6 Å². The van der Waals surface area contributed by atoms with Crippen molar-refractivity contribution in [2.45, 2.75) is 19.9 Å². The lowest BCUT2D eigenvalue weighted by atomic mass is 10.1. The van der Waals surface area contributed by atoms with Crippen LogP contribution in [0.1, 0.15) is 22.4 Å². The average molecular weight is 517 g/mol. The summed E-state index contributed by atoms with van der Waals surface area (Å²) in [5.74, 6) is -1.61. The molecule has 0 saturated carbocycles. The molecule has 0 aliphatic carbocycles. The Labute approximate surface area is 215 Å². The summed E-state index contributed by atoms with van der Waals surface area (Å²) in [4.78, 5) is 25.7. The zero-order valence-corrected chi connectivity index (χ0v) is 20.1. The number of carbonyl (C=O) groups is 1. The first-order valence-corrected chi connectivity index (χ1v) is 11.5. The highest BCUT2D eigenvalue weighted by Crippen LogP contribution is 2.31. The number of hydrogen-bond acceptors (Lipinski definition) is 7. The van der Waals surface area contributed by atoms with Gasteiger partial charge in [0.25, 0.3) is 5.95 Å². The number of nitrogens with two attached hydrogens (primary N) is 2. The number of rotatable bonds is 6. The first-order chi connectivity index (χ1) is 18.2. The molecule has 10 nitrogen and oxygen atoms in total. The third-order valence-corrected chi connectivity index (χ3v) is 6.08. The van der Waals surface area contributed by atoms with Crippen LogP contribution in [0.15, 0.2) is 60.8 Å². The normalized spacial score (nSPS) is 11.1. The molecule has 0 aliphatic rings. The summed E-state index contributed by atoms with van der Waals surface area (Å²) in [5.41, 5.74) is 15.2. The number of nitrogens with zero attached hydrogens (tertiary/aromatic N) is 6. The molecule has 0 radical (unpaired) electrons. The third-order valence-electron chi connectivity index (χ3n) is 6.08. The minimum absolute atomic E-state index is 0.0360. The lowest BCUT2D eigenvalue weighted by Gasteiger charge is -2.22. The van der Waals surface area contributed by atoms with Crippen LogP contribution in [0.2, 0.25) is 0 Å². The number of hydrogen-bond donors (Lipinski definition) is 3. The Kier molecular flexibility index (Phi) is 6.29. The van der Waals surface area contributed by atoms with Gasteiger partial charge in [-0.05, 0) is 29.7 Å². The van der Waals surface area contributed by atoms with E-state index in [4.69, 9.17) is 11.5 Å². The van der Waals surface area contributed by atoms with E-state index in [9.17, 15) is 18.7 Å². The van der Waals surface area contributed by atoms with Crippen LogP contribution in [0, 0.1) is 18.6 Å². The van der Waals surface area contributed by atoms with Crippen molar-refractivity contribution in [3.63, 3.8) is 0 Å². The molecule has 0 saturated heterocycles. The fourth-order valence-electron chi connectivity index (χ4n) is 4.18. The highest BCUT2D eigenvalue weighted by molar-refractivity contribution is 5.94. The molecule has 0 unspecified atom stereocenters. The molecule has 0 fully saturated rings. The molecule has 5 N–H and O–H groups in total. The predicted molar refractivity (Wildman–Crippen MR) is 138 cm³/mol. The number of pyridine rings is 1. The van der Waals surface area contributed by atoms with Crippen LogP contribution in [0.5, 0.6) is 0 Å². The predicted octanol–water partition coefficient (Wildman–Crippen LogP) is 4.24. The van der Waals surface area contributed by atoms with Crippen LogP contribution < -0.4 is 16.4 Å². The summed E-state index contributed by atoms with van der Waals surface area (Å²) < 4.78 is 29.7. The van der Waals surface area contributed by atoms with Crippen LogP contribution in [-0.4, -0.2) is 35.9 Å². The standard InChI is InChI=1S/C26H22F2N8O2/c1-14-6-2-3-8-16(14)13-35(26(37)38)22-23(29)32-25(33-24(22)30)36-20-11-17(27)12-31-21(20)19(34-36)10-15-7-4-5-9-18(15)28/h2-9,11-12H,10,13H2,1H3,(H,37,38)(H4,29,30,32,33). The summed E-state index contributed by atoms with van der Waals surface area (Å²) in [7, 11) is 0. The number of benzene rings is 2. The Hall–Kier alpha value is -5.13. The van der Waals surface area contributed by atoms with Crippen molar-refractivity contribution in [3.8, 4) is 5.95 Å². The molecule has 192 valence electrons. The molecule has 0 bridgehead atoms. The van der Waals surface area contributed by atoms with Crippen molar-refractivity contribution < 1.29 is 18.7 Å². The van der Waals surface area contributed by atoms with E-state index < -0.39 is 17.7 Å². The van der Waals surface area contributed by atoms with Gasteiger partial charge in [-0.25, -0.2) is 18.6 Å². The maximum Gasteiger partial charge on any atom is 0.412 e. The molecule has 1 amide bonds. The van der Waals surface area contributed by atoms with Gasteiger partial charge in [0.05, 0.1) is 24.0 Å². The maximum absolute atomic E-state index is 14.3. The lowest BCUT2D eigenvalue weighted by Crippen LogP contribution is -2.31. The van der Waals surface area contributed by atoms with Gasteiger partial charge in [-0.2, -0.15) is 19.7 Å². The zero-order chi connectivity index (χ0) is 27.0. The topological polar surface area (TPSA) is 149 Å². The van der Waals surface area contributed by atoms with Crippen LogP contribution >= 0.6 is 0 Å². The van der Waals surface area contributed by atoms with Crippen LogP contribution in [0.3, 0.4) is 0 Å². The van der Waals surface area contributed by atoms with Gasteiger partial charge >= 0.3 is 6.09 Å². The number of nitrogen functional groups attached to an aromatic ring is 2. The summed E-state index contributed by atoms with van der Waals surface area (Å²) >= 11 is 0. The van der Waals surface area contributed by atoms with E-state index in [0.29, 0.717) is 16.8 Å². The van der Waals surface area contributed by atoms with Crippen molar-refractivity contribution >= 4 is 34.4 Å². The largest absolute Gasteiger partial charge is 0.465 e. The Balaban J connectivity index is 1.59. The molecule has 12 heteroatoms. The van der Waals surface area contributed by atoms with Crippen molar-refractivity contribution in [3.05, 3.63) is 94.8 Å². The van der Waals surface area contributed by atoms with E-state index >= 15 is 0 Å². The smallest absolute Gasteiger partial charge is 0.412 e. The molecular formula is C26H22F2N8O2. The van der Waals surface area contributed by atoms with E-state index in [1.807, 2.05) is 19.1 Å². The third kappa shape index (κ3) is 4.54. The second-order valence-electron chi connectivity index (χ2n) is 8.59. The van der Waals surface area contributed by atoms with Crippen LogP contribution in [-0.2, 0) is 13.0 Å². The molecule has 3 aromatic heterocycles. The Morgan fingerprint density at radius 1 is 1.03 bits per heavy atom. The minimum Gasteiger partial charge on any atom is -0.465 e. The molecule has 0 spiro atoms. The minimum atomic E-state index is -1.30. The molecular weight excluding hydrogens is 494 g/mol. The lowest BCUT2D eigenvalue weighted by molar-refractivity contribution is 0.201. The average Bonchev–Trinajstić information content (AvgIpc) is 3.22. The second-order valence-corrected chi connectivity index (χ2v) is 8.59. The van der Waals surface area contributed by atoms with E-state index in [-0.39, 0.29) is 41.8 Å². The molecule has 0 atom stereocenters. The second kappa shape index (κ2) is 9.73. The Bertz CT molecular complexity index is 1660. The van der Waals surface area contributed by atoms with Crippen molar-refractivity contribution in [2.24, 2.45) is 0 Å². The number of amides is 1. The van der Waals surface area contributed by atoms with Crippen molar-refractivity contribution in [2.75, 3.05) is 16.4 Å². The fraction of sp³-hybridized carbons (Fsp3) is 0.115. The van der Waals surface area contributed by atoms with E-state index in [1.54, 1.807) is 30.3 Å². The van der Waals surface area contributed by atoms with Crippen LogP contribution in [0.4, 0.5) is 30.9 Å². The number of halogens is 2. The number of carboxylic acid groups (broad SMARTS) is 1. The van der Waals surface area contributed by atoms with Gasteiger partial charge in [-0.1, -0.05) is 42.5 Å². The van der Waals surface area contributed by atoms with E-state index in [2.05, 4.69) is 20.1 Å². The van der Waals surface area contributed by atoms with E-state index in [1.165, 1.54) is 16.8 Å². The Morgan fingerprint density at radius 3 is 2.34 bits per heavy atom. The summed E-state index contributed by atoms with van der Waals surface area (Å²) in [6.45, 7) is 1.82. The summed E-state index contributed by atoms with van der Waals surface area (Å²) in [6.07, 6.45) is -0.200. The number of aryl methyl sites for hydroxylation is 1. The van der Waals surface area contributed by atoms with Gasteiger partial charge in [-0.3, -0.25) is 4.90 Å². The SMILES string of the molecule is Cc1ccccc1CN(C(=O)O)c1c(N)nc(-n2nc(Cc3ccccc3F)c3ncc(F)cc32)nc1N. The fourth-order valence-corrected chi connectivity index (χ4v) is 4.18. The summed E-state index contributed by atoms with van der Waals surface area (Å²) in [5, 5.41) is 14.4. The molecule has 0 aliphatic heterocycles. The monoisotopic (exact) mass is 516 g/mol. The van der Waals surface area contributed by atoms with Gasteiger partial charge in [0.1, 0.15) is 22.8 Å². The highest BCUT2D eigenvalue weighted by Gasteiger charge is 2.25. The molecule has 3 heterocycles. The highest BCUT2D eigenvalue weighted by atomic mass is 19.1. The van der Waals surface area contributed by atoms with Crippen LogP contribution in [0.25, 0.3) is 17.0 Å². The number of fused-ring (bicyclic) bond motifs is 1. The van der Waals surface area contributed by atoms with E-state index in [0.717, 1.165) is 22.2 Å². The molecule has 2 aromatic carbocycles. The number of aromatic nitrogens is 5.